The predicted molar refractivity (Wildman–Crippen MR) is 154 cm³/mol. The average Bonchev–Trinajstić information content (AvgIpc) is 3.38. The zero-order valence-corrected chi connectivity index (χ0v) is 26.3. The minimum Gasteiger partial charge on any atom is -0.455 e. The van der Waals surface area contributed by atoms with Crippen LogP contribution in [-0.2, 0) is 33.3 Å². The molecule has 12 heteroatoms. The van der Waals surface area contributed by atoms with Gasteiger partial charge < -0.3 is 43.9 Å². The summed E-state index contributed by atoms with van der Waals surface area (Å²) < 4.78 is 30.6. The van der Waals surface area contributed by atoms with Gasteiger partial charge >= 0.3 is 11.9 Å². The molecule has 0 aromatic heterocycles. The lowest BCUT2D eigenvalue weighted by molar-refractivity contribution is -0.314. The van der Waals surface area contributed by atoms with E-state index in [4.69, 9.17) is 23.7 Å². The van der Waals surface area contributed by atoms with Crippen LogP contribution in [0.15, 0.2) is 30.3 Å². The van der Waals surface area contributed by atoms with Gasteiger partial charge in [0.15, 0.2) is 5.60 Å². The maximum atomic E-state index is 13.7. The van der Waals surface area contributed by atoms with Gasteiger partial charge in [-0.25, -0.2) is 4.79 Å². The van der Waals surface area contributed by atoms with Gasteiger partial charge in [-0.1, -0.05) is 18.2 Å². The largest absolute Gasteiger partial charge is 0.455 e. The Labute approximate surface area is 261 Å². The van der Waals surface area contributed by atoms with Gasteiger partial charge in [0.05, 0.1) is 24.4 Å². The quantitative estimate of drug-likeness (QED) is 0.361. The highest BCUT2D eigenvalue weighted by atomic mass is 16.6. The molecule has 45 heavy (non-hydrogen) atoms. The number of hydrogen-bond donors (Lipinski definition) is 3. The molecule has 6 aliphatic rings. The summed E-state index contributed by atoms with van der Waals surface area (Å²) in [4.78, 5) is 42.2. The van der Waals surface area contributed by atoms with Gasteiger partial charge in [0.1, 0.15) is 23.9 Å². The smallest absolute Gasteiger partial charge is 0.338 e. The molecule has 5 saturated carbocycles. The molecule has 5 aliphatic carbocycles. The molecule has 14 atom stereocenters. The lowest BCUT2D eigenvalue weighted by Crippen LogP contribution is -2.81. The molecule has 1 aliphatic heterocycles. The minimum absolute atomic E-state index is 0.0367. The molecular weight excluding hydrogens is 586 g/mol. The first-order chi connectivity index (χ1) is 21.4. The van der Waals surface area contributed by atoms with Crippen molar-refractivity contribution in [1.29, 1.82) is 0 Å². The van der Waals surface area contributed by atoms with Crippen LogP contribution in [0.25, 0.3) is 0 Å². The summed E-state index contributed by atoms with van der Waals surface area (Å²) in [5.41, 5.74) is -5.16. The number of esters is 2. The first-order valence-corrected chi connectivity index (χ1v) is 15.8. The van der Waals surface area contributed by atoms with Crippen molar-refractivity contribution in [3.8, 4) is 0 Å². The second kappa shape index (κ2) is 10.2. The van der Waals surface area contributed by atoms with E-state index in [9.17, 15) is 29.7 Å². The van der Waals surface area contributed by atoms with Crippen molar-refractivity contribution >= 4 is 17.8 Å². The highest BCUT2D eigenvalue weighted by molar-refractivity contribution is 5.89. The van der Waals surface area contributed by atoms with Crippen molar-refractivity contribution in [2.45, 2.75) is 80.9 Å². The number of piperidine rings is 1. The van der Waals surface area contributed by atoms with E-state index in [1.807, 2.05) is 0 Å². The first-order valence-electron chi connectivity index (χ1n) is 15.8. The Bertz CT molecular complexity index is 1390. The molecule has 0 radical (unpaired) electrons. The zero-order valence-electron chi connectivity index (χ0n) is 26.3. The normalized spacial score (nSPS) is 48.6. The number of hydrogen-bond acceptors (Lipinski definition) is 11. The molecule has 1 heterocycles. The Morgan fingerprint density at radius 3 is 2.31 bits per heavy atom. The van der Waals surface area contributed by atoms with Crippen LogP contribution in [0.2, 0.25) is 0 Å². The molecule has 7 bridgehead atoms. The van der Waals surface area contributed by atoms with Crippen LogP contribution in [0.4, 0.5) is 0 Å². The van der Waals surface area contributed by atoms with Gasteiger partial charge in [-0.2, -0.15) is 0 Å². The SMILES string of the molecule is COC[C@@]12CC[C@H](O)[C@]34C([C@H]([C@H](OC)[C@H]13)[C@]1(OC(C)=O)[C@H]3[C@@H](OC(=O)c5ccccc5)[C@](O)(C[C@H]34)[C@@H](OC)[C@@H]1O)N(C(C)=O)C2. The lowest BCUT2D eigenvalue weighted by atomic mass is 9.43. The van der Waals surface area contributed by atoms with Gasteiger partial charge in [0.25, 0.3) is 0 Å². The molecular formula is C33H43NO11. The van der Waals surface area contributed by atoms with Crippen LogP contribution in [0.3, 0.4) is 0 Å². The molecule has 6 fully saturated rings. The molecule has 1 aromatic rings. The monoisotopic (exact) mass is 629 g/mol. The molecule has 12 nitrogen and oxygen atoms in total. The maximum absolute atomic E-state index is 13.7. The molecule has 7 rings (SSSR count). The van der Waals surface area contributed by atoms with Crippen LogP contribution in [0.1, 0.15) is 43.5 Å². The number of carbonyl (C=O) groups excluding carboxylic acids is 3. The Morgan fingerprint density at radius 2 is 1.71 bits per heavy atom. The fourth-order valence-electron chi connectivity index (χ4n) is 11.9. The predicted octanol–water partition coefficient (Wildman–Crippen LogP) is 0.550. The summed E-state index contributed by atoms with van der Waals surface area (Å²) in [6.07, 6.45) is -4.90. The van der Waals surface area contributed by atoms with E-state index in [-0.39, 0.29) is 24.5 Å². The second-order valence-electron chi connectivity index (χ2n) is 14.2. The van der Waals surface area contributed by atoms with Crippen LogP contribution in [0.5, 0.6) is 0 Å². The third-order valence-electron chi connectivity index (χ3n) is 12.7. The minimum atomic E-state index is -1.91. The van der Waals surface area contributed by atoms with Crippen molar-refractivity contribution < 1.29 is 53.4 Å². The Morgan fingerprint density at radius 1 is 1.00 bits per heavy atom. The first kappa shape index (κ1) is 31.0. The number of amides is 1. The van der Waals surface area contributed by atoms with E-state index < -0.39 is 94.2 Å². The molecule has 1 amide bonds. The van der Waals surface area contributed by atoms with Gasteiger partial charge in [-0.15, -0.1) is 0 Å². The van der Waals surface area contributed by atoms with Crippen molar-refractivity contribution in [3.05, 3.63) is 35.9 Å². The molecule has 1 saturated heterocycles. The average molecular weight is 630 g/mol. The van der Waals surface area contributed by atoms with Crippen molar-refractivity contribution in [1.82, 2.24) is 4.90 Å². The van der Waals surface area contributed by atoms with Crippen LogP contribution in [-0.4, -0.2) is 120 Å². The highest BCUT2D eigenvalue weighted by Crippen LogP contribution is 2.80. The van der Waals surface area contributed by atoms with E-state index in [1.165, 1.54) is 21.0 Å². The van der Waals surface area contributed by atoms with E-state index in [0.29, 0.717) is 19.4 Å². The van der Waals surface area contributed by atoms with Crippen molar-refractivity contribution in [2.24, 2.45) is 34.5 Å². The van der Waals surface area contributed by atoms with E-state index >= 15 is 0 Å². The van der Waals surface area contributed by atoms with Crippen LogP contribution < -0.4 is 0 Å². The van der Waals surface area contributed by atoms with Gasteiger partial charge in [-0.3, -0.25) is 9.59 Å². The molecule has 1 aromatic carbocycles. The number of aliphatic hydroxyl groups excluding tert-OH is 2. The summed E-state index contributed by atoms with van der Waals surface area (Å²) in [5, 5.41) is 37.3. The zero-order chi connectivity index (χ0) is 32.3. The van der Waals surface area contributed by atoms with E-state index in [0.717, 1.165) is 0 Å². The number of benzene rings is 1. The summed E-state index contributed by atoms with van der Waals surface area (Å²) in [5.74, 6) is -4.49. The van der Waals surface area contributed by atoms with Gasteiger partial charge in [0, 0.05) is 76.3 Å². The Balaban J connectivity index is 1.52. The molecule has 246 valence electrons. The number of carbonyl (C=O) groups is 3. The third kappa shape index (κ3) is 3.56. The second-order valence-corrected chi connectivity index (χ2v) is 14.2. The van der Waals surface area contributed by atoms with Crippen LogP contribution >= 0.6 is 0 Å². The summed E-state index contributed by atoms with van der Waals surface area (Å²) >= 11 is 0. The number of rotatable bonds is 7. The number of ether oxygens (including phenoxy) is 5. The number of methoxy groups -OCH3 is 3. The van der Waals surface area contributed by atoms with Crippen molar-refractivity contribution in [2.75, 3.05) is 34.5 Å². The van der Waals surface area contributed by atoms with E-state index in [2.05, 4.69) is 0 Å². The van der Waals surface area contributed by atoms with Gasteiger partial charge in [-0.05, 0) is 37.3 Å². The van der Waals surface area contributed by atoms with Crippen molar-refractivity contribution in [3.63, 3.8) is 0 Å². The standard InChI is InChI=1S/C33H43NO11/c1-16(35)34-14-30(15-41-3)12-11-20(37)32-19-13-31(40)27(44-29(39)18-9-7-6-8-10-18)21(19)33(45-17(2)36,26(38)28(31)43-5)22(25(32)34)23(42-4)24(30)32/h6-10,19-28,37-38,40H,11-15H2,1-5H3/t19-,20+,21-,22+,23+,24-,25?,26+,27-,28+,30+,31-,32+,33-/m1/s1. The summed E-state index contributed by atoms with van der Waals surface area (Å²) in [6, 6.07) is 7.65. The Kier molecular flexibility index (Phi) is 7.02. The Hall–Kier alpha value is -2.61. The maximum Gasteiger partial charge on any atom is 0.338 e. The fraction of sp³-hybridized carbons (Fsp3) is 0.727. The molecule has 1 unspecified atom stereocenters. The number of nitrogens with zero attached hydrogens (tertiary/aromatic N) is 1. The fourth-order valence-corrected chi connectivity index (χ4v) is 11.9. The molecule has 1 spiro atoms. The number of fused-ring (bicyclic) bond motifs is 2. The molecule has 3 N–H and O–H groups in total. The highest BCUT2D eigenvalue weighted by Gasteiger charge is 2.91. The number of likely N-dealkylation sites (tertiary alicyclic amines) is 1. The third-order valence-corrected chi connectivity index (χ3v) is 12.7. The summed E-state index contributed by atoms with van der Waals surface area (Å²) in [6.45, 7) is 3.34. The number of aliphatic hydroxyl groups is 3. The summed E-state index contributed by atoms with van der Waals surface area (Å²) in [7, 11) is 4.51. The van der Waals surface area contributed by atoms with Gasteiger partial charge in [0.2, 0.25) is 5.91 Å². The topological polar surface area (TPSA) is 161 Å². The van der Waals surface area contributed by atoms with E-state index in [1.54, 1.807) is 49.5 Å². The lowest BCUT2D eigenvalue weighted by Gasteiger charge is -2.69. The van der Waals surface area contributed by atoms with Crippen LogP contribution in [0, 0.1) is 34.5 Å².